The number of aromatic nitrogens is 3. The minimum Gasteiger partial charge on any atom is -0.258 e. The van der Waals surface area contributed by atoms with Crippen molar-refractivity contribution >= 4 is 24.1 Å². The van der Waals surface area contributed by atoms with Gasteiger partial charge < -0.3 is 0 Å². The highest BCUT2D eigenvalue weighted by Crippen LogP contribution is 2.11. The molecule has 120 valence electrons. The van der Waals surface area contributed by atoms with E-state index in [2.05, 4.69) is 15.3 Å². The number of rotatable bonds is 5. The third kappa shape index (κ3) is 3.61. The van der Waals surface area contributed by atoms with E-state index in [9.17, 15) is 10.1 Å². The van der Waals surface area contributed by atoms with Gasteiger partial charge in [-0.25, -0.2) is 0 Å². The molecule has 0 unspecified atom stereocenters. The van der Waals surface area contributed by atoms with Crippen molar-refractivity contribution in [1.29, 1.82) is 0 Å². The van der Waals surface area contributed by atoms with Crippen molar-refractivity contribution in [2.45, 2.75) is 6.42 Å². The Balaban J connectivity index is 1.83. The van der Waals surface area contributed by atoms with E-state index in [4.69, 9.17) is 12.2 Å². The maximum Gasteiger partial charge on any atom is 0.269 e. The zero-order chi connectivity index (χ0) is 16.9. The first-order valence-electron chi connectivity index (χ1n) is 7.12. The van der Waals surface area contributed by atoms with Crippen molar-refractivity contribution in [3.8, 4) is 0 Å². The molecular formula is C16H13N5O2S. The number of hydrogen-bond acceptors (Lipinski definition) is 5. The zero-order valence-corrected chi connectivity index (χ0v) is 13.3. The summed E-state index contributed by atoms with van der Waals surface area (Å²) in [6.07, 6.45) is 2.18. The second kappa shape index (κ2) is 6.97. The van der Waals surface area contributed by atoms with Crippen molar-refractivity contribution in [1.82, 2.24) is 14.9 Å². The maximum absolute atomic E-state index is 10.7. The van der Waals surface area contributed by atoms with Crippen LogP contribution >= 0.6 is 12.2 Å². The largest absolute Gasteiger partial charge is 0.269 e. The molecule has 3 aromatic rings. The molecule has 0 amide bonds. The maximum atomic E-state index is 10.7. The highest BCUT2D eigenvalue weighted by molar-refractivity contribution is 7.71. The van der Waals surface area contributed by atoms with Crippen LogP contribution in [0, 0.1) is 14.9 Å². The van der Waals surface area contributed by atoms with Gasteiger partial charge in [-0.1, -0.05) is 30.3 Å². The minimum atomic E-state index is -0.439. The van der Waals surface area contributed by atoms with Gasteiger partial charge in [0.05, 0.1) is 11.1 Å². The Kier molecular flexibility index (Phi) is 4.57. The fourth-order valence-electron chi connectivity index (χ4n) is 2.14. The minimum absolute atomic E-state index is 0.0387. The van der Waals surface area contributed by atoms with E-state index < -0.39 is 4.92 Å². The first-order chi connectivity index (χ1) is 11.6. The number of non-ortho nitro benzene ring substituents is 1. The first-order valence-corrected chi connectivity index (χ1v) is 7.53. The molecule has 1 heterocycles. The molecule has 0 saturated carbocycles. The molecule has 0 spiro atoms. The number of H-pyrrole nitrogens is 1. The third-order valence-corrected chi connectivity index (χ3v) is 3.61. The molecule has 8 heteroatoms. The standard InChI is InChI=1S/C16H13N5O2S/c22-21(23)14-8-6-13(7-9-14)11-17-20-15(18-19-16(20)24)10-12-4-2-1-3-5-12/h1-9,11H,10H2,(H,19,24)/b17-11+. The van der Waals surface area contributed by atoms with Crippen molar-refractivity contribution < 1.29 is 4.92 Å². The molecule has 7 nitrogen and oxygen atoms in total. The van der Waals surface area contributed by atoms with Gasteiger partial charge in [0.25, 0.3) is 5.69 Å². The summed E-state index contributed by atoms with van der Waals surface area (Å²) in [7, 11) is 0. The summed E-state index contributed by atoms with van der Waals surface area (Å²) in [5, 5.41) is 21.9. The lowest BCUT2D eigenvalue weighted by Gasteiger charge is -2.01. The van der Waals surface area contributed by atoms with E-state index in [-0.39, 0.29) is 5.69 Å². The molecule has 0 radical (unpaired) electrons. The van der Waals surface area contributed by atoms with Crippen LogP contribution in [-0.2, 0) is 6.42 Å². The highest BCUT2D eigenvalue weighted by Gasteiger charge is 2.06. The third-order valence-electron chi connectivity index (χ3n) is 3.35. The molecule has 0 aliphatic carbocycles. The smallest absolute Gasteiger partial charge is 0.258 e. The zero-order valence-electron chi connectivity index (χ0n) is 12.5. The van der Waals surface area contributed by atoms with Crippen LogP contribution in [-0.4, -0.2) is 26.0 Å². The Morgan fingerprint density at radius 3 is 2.58 bits per heavy atom. The summed E-state index contributed by atoms with van der Waals surface area (Å²) in [6.45, 7) is 0. The van der Waals surface area contributed by atoms with Gasteiger partial charge in [-0.3, -0.25) is 15.2 Å². The molecule has 24 heavy (non-hydrogen) atoms. The molecule has 0 bridgehead atoms. The Labute approximate surface area is 142 Å². The Hall–Kier alpha value is -3.13. The van der Waals surface area contributed by atoms with E-state index in [0.717, 1.165) is 11.1 Å². The van der Waals surface area contributed by atoms with Crippen molar-refractivity contribution in [3.05, 3.63) is 86.4 Å². The van der Waals surface area contributed by atoms with Gasteiger partial charge in [-0.15, -0.1) is 0 Å². The molecule has 0 fully saturated rings. The Bertz CT molecular complexity index is 929. The van der Waals surface area contributed by atoms with Gasteiger partial charge >= 0.3 is 0 Å². The topological polar surface area (TPSA) is 89.1 Å². The average molecular weight is 339 g/mol. The second-order valence-electron chi connectivity index (χ2n) is 5.01. The number of benzene rings is 2. The van der Waals surface area contributed by atoms with Crippen molar-refractivity contribution in [3.63, 3.8) is 0 Å². The Morgan fingerprint density at radius 2 is 1.92 bits per heavy atom. The van der Waals surface area contributed by atoms with Crippen LogP contribution in [0.1, 0.15) is 17.0 Å². The monoisotopic (exact) mass is 339 g/mol. The summed E-state index contributed by atoms with van der Waals surface area (Å²) >= 11 is 5.20. The van der Waals surface area contributed by atoms with Crippen molar-refractivity contribution in [2.75, 3.05) is 0 Å². The quantitative estimate of drug-likeness (QED) is 0.334. The summed E-state index contributed by atoms with van der Waals surface area (Å²) in [4.78, 5) is 10.2. The number of nitrogens with zero attached hydrogens (tertiary/aromatic N) is 4. The van der Waals surface area contributed by atoms with E-state index in [1.807, 2.05) is 30.3 Å². The van der Waals surface area contributed by atoms with Gasteiger partial charge in [-0.05, 0) is 35.5 Å². The Morgan fingerprint density at radius 1 is 1.21 bits per heavy atom. The molecule has 2 aromatic carbocycles. The lowest BCUT2D eigenvalue weighted by molar-refractivity contribution is -0.384. The molecule has 3 rings (SSSR count). The van der Waals surface area contributed by atoms with E-state index in [1.54, 1.807) is 23.0 Å². The number of hydrogen-bond donors (Lipinski definition) is 1. The number of aromatic amines is 1. The summed E-state index contributed by atoms with van der Waals surface area (Å²) in [5.41, 5.74) is 1.87. The van der Waals surface area contributed by atoms with Gasteiger partial charge in [0.2, 0.25) is 4.77 Å². The number of nitro groups is 1. The van der Waals surface area contributed by atoms with Crippen LogP contribution in [0.5, 0.6) is 0 Å². The summed E-state index contributed by atoms with van der Waals surface area (Å²) in [6, 6.07) is 16.0. The van der Waals surface area contributed by atoms with Gasteiger partial charge in [0.15, 0.2) is 5.82 Å². The number of nitro benzene ring substituents is 1. The molecule has 0 aliphatic heterocycles. The lowest BCUT2D eigenvalue weighted by Crippen LogP contribution is -2.00. The SMILES string of the molecule is O=[N+]([O-])c1ccc(/C=N/n2c(Cc3ccccc3)n[nH]c2=S)cc1. The molecule has 1 N–H and O–H groups in total. The normalized spacial score (nSPS) is 11.0. The van der Waals surface area contributed by atoms with Crippen LogP contribution in [0.25, 0.3) is 0 Å². The fourth-order valence-corrected chi connectivity index (χ4v) is 2.34. The van der Waals surface area contributed by atoms with Gasteiger partial charge in [0, 0.05) is 18.6 Å². The van der Waals surface area contributed by atoms with Gasteiger partial charge in [-0.2, -0.15) is 14.9 Å². The van der Waals surface area contributed by atoms with E-state index in [1.165, 1.54) is 12.1 Å². The van der Waals surface area contributed by atoms with Gasteiger partial charge in [0.1, 0.15) is 0 Å². The van der Waals surface area contributed by atoms with E-state index in [0.29, 0.717) is 17.0 Å². The van der Waals surface area contributed by atoms with Crippen LogP contribution in [0.3, 0.4) is 0 Å². The average Bonchev–Trinajstić information content (AvgIpc) is 2.94. The molecule has 1 aromatic heterocycles. The second-order valence-corrected chi connectivity index (χ2v) is 5.40. The molecule has 0 saturated heterocycles. The van der Waals surface area contributed by atoms with Crippen LogP contribution < -0.4 is 0 Å². The van der Waals surface area contributed by atoms with Crippen LogP contribution in [0.2, 0.25) is 0 Å². The first kappa shape index (κ1) is 15.8. The predicted molar refractivity (Wildman–Crippen MR) is 92.7 cm³/mol. The fraction of sp³-hybridized carbons (Fsp3) is 0.0625. The molecule has 0 aliphatic rings. The van der Waals surface area contributed by atoms with E-state index >= 15 is 0 Å². The predicted octanol–water partition coefficient (Wildman–Crippen LogP) is 3.32. The highest BCUT2D eigenvalue weighted by atomic mass is 32.1. The lowest BCUT2D eigenvalue weighted by atomic mass is 10.1. The summed E-state index contributed by atoms with van der Waals surface area (Å²) < 4.78 is 1.93. The van der Waals surface area contributed by atoms with Crippen molar-refractivity contribution in [2.24, 2.45) is 5.10 Å². The molecular weight excluding hydrogens is 326 g/mol. The van der Waals surface area contributed by atoms with Crippen LogP contribution in [0.15, 0.2) is 59.7 Å². The summed E-state index contributed by atoms with van der Waals surface area (Å²) in [5.74, 6) is 0.685. The van der Waals surface area contributed by atoms with Crippen LogP contribution in [0.4, 0.5) is 5.69 Å². The number of nitrogens with one attached hydrogen (secondary N) is 1. The molecule has 0 atom stereocenters.